The third-order valence-corrected chi connectivity index (χ3v) is 2.97. The van der Waals surface area contributed by atoms with Crippen molar-refractivity contribution in [1.29, 1.82) is 0 Å². The van der Waals surface area contributed by atoms with Crippen molar-refractivity contribution in [3.8, 4) is 0 Å². The summed E-state index contributed by atoms with van der Waals surface area (Å²) in [7, 11) is 0. The molecular weight excluding hydrogens is 198 g/mol. The highest BCUT2D eigenvalue weighted by molar-refractivity contribution is 5.95. The first-order valence-electron chi connectivity index (χ1n) is 6.06. The van der Waals surface area contributed by atoms with Crippen LogP contribution in [0.3, 0.4) is 0 Å². The van der Waals surface area contributed by atoms with Gasteiger partial charge in [-0.2, -0.15) is 0 Å². The Bertz CT molecular complexity index is 367. The second kappa shape index (κ2) is 4.69. The standard InChI is InChI=1S/C14H19NO/c1-11(2)10-12-5-7-13(8-6-12)15-9-3-4-14(15)16/h5-8,11H,3-4,9-10H2,1-2H3. The van der Waals surface area contributed by atoms with Crippen molar-refractivity contribution >= 4 is 11.6 Å². The first kappa shape index (κ1) is 11.2. The minimum absolute atomic E-state index is 0.261. The van der Waals surface area contributed by atoms with Gasteiger partial charge in [0.15, 0.2) is 0 Å². The van der Waals surface area contributed by atoms with Crippen LogP contribution in [-0.2, 0) is 11.2 Å². The van der Waals surface area contributed by atoms with Crippen LogP contribution < -0.4 is 4.90 Å². The Hall–Kier alpha value is -1.31. The van der Waals surface area contributed by atoms with Crippen molar-refractivity contribution < 1.29 is 4.79 Å². The van der Waals surface area contributed by atoms with Crippen molar-refractivity contribution in [1.82, 2.24) is 0 Å². The van der Waals surface area contributed by atoms with Crippen LogP contribution in [0.5, 0.6) is 0 Å². The van der Waals surface area contributed by atoms with E-state index in [2.05, 4.69) is 38.1 Å². The molecule has 2 heteroatoms. The molecule has 2 nitrogen and oxygen atoms in total. The Labute approximate surface area is 97.3 Å². The summed E-state index contributed by atoms with van der Waals surface area (Å²) >= 11 is 0. The van der Waals surface area contributed by atoms with Gasteiger partial charge in [0.05, 0.1) is 0 Å². The molecule has 0 bridgehead atoms. The van der Waals surface area contributed by atoms with Crippen LogP contribution >= 0.6 is 0 Å². The summed E-state index contributed by atoms with van der Waals surface area (Å²) in [6.07, 6.45) is 2.80. The van der Waals surface area contributed by atoms with E-state index in [4.69, 9.17) is 0 Å². The number of hydrogen-bond acceptors (Lipinski definition) is 1. The van der Waals surface area contributed by atoms with Crippen molar-refractivity contribution in [2.45, 2.75) is 33.1 Å². The second-order valence-electron chi connectivity index (χ2n) is 4.91. The van der Waals surface area contributed by atoms with Crippen LogP contribution in [0.15, 0.2) is 24.3 Å². The predicted octanol–water partition coefficient (Wildman–Crippen LogP) is 3.01. The number of benzene rings is 1. The van der Waals surface area contributed by atoms with E-state index in [0.29, 0.717) is 12.3 Å². The number of nitrogens with zero attached hydrogens (tertiary/aromatic N) is 1. The highest BCUT2D eigenvalue weighted by atomic mass is 16.2. The molecule has 0 N–H and O–H groups in total. The zero-order chi connectivity index (χ0) is 11.5. The van der Waals surface area contributed by atoms with Crippen LogP contribution in [0, 0.1) is 5.92 Å². The van der Waals surface area contributed by atoms with Gasteiger partial charge >= 0.3 is 0 Å². The fourth-order valence-electron chi connectivity index (χ4n) is 2.20. The summed E-state index contributed by atoms with van der Waals surface area (Å²) in [4.78, 5) is 13.5. The largest absolute Gasteiger partial charge is 0.312 e. The third-order valence-electron chi connectivity index (χ3n) is 2.97. The van der Waals surface area contributed by atoms with E-state index in [0.717, 1.165) is 25.1 Å². The van der Waals surface area contributed by atoms with E-state index in [1.165, 1.54) is 5.56 Å². The molecule has 1 fully saturated rings. The molecule has 0 aromatic heterocycles. The number of carbonyl (C=O) groups excluding carboxylic acids is 1. The molecule has 0 spiro atoms. The molecule has 1 amide bonds. The maximum atomic E-state index is 11.6. The van der Waals surface area contributed by atoms with Crippen molar-refractivity contribution in [3.05, 3.63) is 29.8 Å². The fraction of sp³-hybridized carbons (Fsp3) is 0.500. The lowest BCUT2D eigenvalue weighted by atomic mass is 10.0. The summed E-state index contributed by atoms with van der Waals surface area (Å²) in [5.74, 6) is 0.941. The van der Waals surface area contributed by atoms with Crippen LogP contribution in [0.25, 0.3) is 0 Å². The molecule has 0 aliphatic carbocycles. The molecule has 0 unspecified atom stereocenters. The molecule has 1 aromatic rings. The molecule has 86 valence electrons. The molecule has 1 saturated heterocycles. The average Bonchev–Trinajstić information content (AvgIpc) is 2.65. The molecular formula is C14H19NO. The van der Waals surface area contributed by atoms with E-state index in [1.54, 1.807) is 0 Å². The lowest BCUT2D eigenvalue weighted by Gasteiger charge is -2.16. The first-order chi connectivity index (χ1) is 7.66. The van der Waals surface area contributed by atoms with Crippen LogP contribution in [0.4, 0.5) is 5.69 Å². The SMILES string of the molecule is CC(C)Cc1ccc(N2CCCC2=O)cc1. The Morgan fingerprint density at radius 1 is 1.25 bits per heavy atom. The summed E-state index contributed by atoms with van der Waals surface area (Å²) < 4.78 is 0. The molecule has 1 aliphatic heterocycles. The van der Waals surface area contributed by atoms with E-state index in [9.17, 15) is 4.79 Å². The van der Waals surface area contributed by atoms with Gasteiger partial charge in [-0.05, 0) is 36.5 Å². The van der Waals surface area contributed by atoms with Gasteiger partial charge in [-0.1, -0.05) is 26.0 Å². The quantitative estimate of drug-likeness (QED) is 0.762. The van der Waals surface area contributed by atoms with Gasteiger partial charge in [-0.15, -0.1) is 0 Å². The van der Waals surface area contributed by atoms with Crippen molar-refractivity contribution in [3.63, 3.8) is 0 Å². The van der Waals surface area contributed by atoms with Gasteiger partial charge in [0.25, 0.3) is 0 Å². The molecule has 0 atom stereocenters. The van der Waals surface area contributed by atoms with E-state index >= 15 is 0 Å². The van der Waals surface area contributed by atoms with E-state index in [1.807, 2.05) is 4.90 Å². The molecule has 1 aliphatic rings. The van der Waals surface area contributed by atoms with Crippen LogP contribution in [0.2, 0.25) is 0 Å². The molecule has 2 rings (SSSR count). The molecule has 16 heavy (non-hydrogen) atoms. The van der Waals surface area contributed by atoms with E-state index in [-0.39, 0.29) is 5.91 Å². The molecule has 1 heterocycles. The average molecular weight is 217 g/mol. The smallest absolute Gasteiger partial charge is 0.227 e. The molecule has 0 saturated carbocycles. The summed E-state index contributed by atoms with van der Waals surface area (Å²) in [6, 6.07) is 8.42. The van der Waals surface area contributed by atoms with Crippen molar-refractivity contribution in [2.75, 3.05) is 11.4 Å². The first-order valence-corrected chi connectivity index (χ1v) is 6.06. The Balaban J connectivity index is 2.09. The Kier molecular flexibility index (Phi) is 3.28. The summed E-state index contributed by atoms with van der Waals surface area (Å²) in [5, 5.41) is 0. The number of carbonyl (C=O) groups is 1. The monoisotopic (exact) mass is 217 g/mol. The third kappa shape index (κ3) is 2.43. The number of rotatable bonds is 3. The number of hydrogen-bond donors (Lipinski definition) is 0. The second-order valence-corrected chi connectivity index (χ2v) is 4.91. The van der Waals surface area contributed by atoms with Gasteiger partial charge in [0.2, 0.25) is 5.91 Å². The van der Waals surface area contributed by atoms with Gasteiger partial charge in [0.1, 0.15) is 0 Å². The van der Waals surface area contributed by atoms with Crippen molar-refractivity contribution in [2.24, 2.45) is 5.92 Å². The zero-order valence-corrected chi connectivity index (χ0v) is 10.1. The van der Waals surface area contributed by atoms with Gasteiger partial charge in [0, 0.05) is 18.7 Å². The highest BCUT2D eigenvalue weighted by Gasteiger charge is 2.21. The lowest BCUT2D eigenvalue weighted by molar-refractivity contribution is -0.117. The maximum Gasteiger partial charge on any atom is 0.227 e. The maximum absolute atomic E-state index is 11.6. The highest BCUT2D eigenvalue weighted by Crippen LogP contribution is 2.22. The van der Waals surface area contributed by atoms with Gasteiger partial charge in [-0.25, -0.2) is 0 Å². The minimum atomic E-state index is 0.261. The minimum Gasteiger partial charge on any atom is -0.312 e. The van der Waals surface area contributed by atoms with Crippen LogP contribution in [-0.4, -0.2) is 12.5 Å². The number of anilines is 1. The fourth-order valence-corrected chi connectivity index (χ4v) is 2.20. The molecule has 1 aromatic carbocycles. The Morgan fingerprint density at radius 2 is 1.94 bits per heavy atom. The topological polar surface area (TPSA) is 20.3 Å². The van der Waals surface area contributed by atoms with Crippen LogP contribution in [0.1, 0.15) is 32.3 Å². The normalized spacial score (nSPS) is 16.2. The number of amides is 1. The Morgan fingerprint density at radius 3 is 2.44 bits per heavy atom. The van der Waals surface area contributed by atoms with E-state index < -0.39 is 0 Å². The van der Waals surface area contributed by atoms with Gasteiger partial charge in [-0.3, -0.25) is 4.79 Å². The lowest BCUT2D eigenvalue weighted by Crippen LogP contribution is -2.23. The van der Waals surface area contributed by atoms with Gasteiger partial charge < -0.3 is 4.90 Å². The molecule has 0 radical (unpaired) electrons. The predicted molar refractivity (Wildman–Crippen MR) is 66.6 cm³/mol. The zero-order valence-electron chi connectivity index (χ0n) is 10.1. The summed E-state index contributed by atoms with van der Waals surface area (Å²) in [6.45, 7) is 5.32. The summed E-state index contributed by atoms with van der Waals surface area (Å²) in [5.41, 5.74) is 2.40.